The minimum Gasteiger partial charge on any atom is -0.508 e. The summed E-state index contributed by atoms with van der Waals surface area (Å²) in [6.45, 7) is 6.25. The summed E-state index contributed by atoms with van der Waals surface area (Å²) in [6.07, 6.45) is 0. The highest BCUT2D eigenvalue weighted by Crippen LogP contribution is 2.27. The van der Waals surface area contributed by atoms with Crippen molar-refractivity contribution in [3.63, 3.8) is 0 Å². The molecule has 0 aromatic heterocycles. The molecule has 0 heterocycles. The van der Waals surface area contributed by atoms with Crippen LogP contribution in [0.1, 0.15) is 26.3 Å². The number of anilines is 1. The molecule has 2 nitrogen and oxygen atoms in total. The lowest BCUT2D eigenvalue weighted by atomic mass is 9.87. The molecule has 0 aliphatic heterocycles. The zero-order chi connectivity index (χ0) is 9.35. The second-order valence-electron chi connectivity index (χ2n) is 4.06. The zero-order valence-corrected chi connectivity index (χ0v) is 7.76. The number of aromatic hydroxyl groups is 1. The van der Waals surface area contributed by atoms with E-state index in [1.165, 1.54) is 0 Å². The Labute approximate surface area is 73.0 Å². The van der Waals surface area contributed by atoms with E-state index in [-0.39, 0.29) is 11.2 Å². The van der Waals surface area contributed by atoms with Gasteiger partial charge in [-0.05, 0) is 23.1 Å². The maximum atomic E-state index is 9.28. The third-order valence-corrected chi connectivity index (χ3v) is 1.81. The Balaban J connectivity index is 3.18. The van der Waals surface area contributed by atoms with Gasteiger partial charge < -0.3 is 10.8 Å². The van der Waals surface area contributed by atoms with Gasteiger partial charge in [-0.25, -0.2) is 0 Å². The summed E-state index contributed by atoms with van der Waals surface area (Å²) in [5.74, 6) is 0.236. The van der Waals surface area contributed by atoms with Crippen LogP contribution >= 0.6 is 0 Å². The van der Waals surface area contributed by atoms with Gasteiger partial charge in [-0.2, -0.15) is 0 Å². The fourth-order valence-electron chi connectivity index (χ4n) is 1.07. The van der Waals surface area contributed by atoms with Crippen LogP contribution < -0.4 is 5.73 Å². The van der Waals surface area contributed by atoms with Crippen molar-refractivity contribution in [2.75, 3.05) is 5.73 Å². The molecule has 1 rings (SSSR count). The van der Waals surface area contributed by atoms with E-state index in [1.54, 1.807) is 12.1 Å². The van der Waals surface area contributed by atoms with Gasteiger partial charge in [0, 0.05) is 11.8 Å². The minimum absolute atomic E-state index is 0.0346. The van der Waals surface area contributed by atoms with Crippen molar-refractivity contribution in [3.8, 4) is 5.75 Å². The van der Waals surface area contributed by atoms with E-state index < -0.39 is 0 Å². The van der Waals surface area contributed by atoms with Gasteiger partial charge in [-0.15, -0.1) is 0 Å². The molecular weight excluding hydrogens is 150 g/mol. The van der Waals surface area contributed by atoms with Crippen LogP contribution in [-0.4, -0.2) is 5.11 Å². The van der Waals surface area contributed by atoms with Crippen molar-refractivity contribution >= 4 is 5.69 Å². The molecule has 0 atom stereocenters. The first-order valence-electron chi connectivity index (χ1n) is 3.99. The Morgan fingerprint density at radius 3 is 2.17 bits per heavy atom. The average Bonchev–Trinajstić information content (AvgIpc) is 1.82. The van der Waals surface area contributed by atoms with Gasteiger partial charge in [0.25, 0.3) is 0 Å². The normalized spacial score (nSPS) is 11.6. The van der Waals surface area contributed by atoms with E-state index in [1.807, 2.05) is 6.07 Å². The Morgan fingerprint density at radius 2 is 1.75 bits per heavy atom. The average molecular weight is 165 g/mol. The van der Waals surface area contributed by atoms with Crippen LogP contribution in [0.4, 0.5) is 5.69 Å². The molecule has 0 amide bonds. The van der Waals surface area contributed by atoms with Crippen LogP contribution in [-0.2, 0) is 5.41 Å². The predicted octanol–water partition coefficient (Wildman–Crippen LogP) is 2.27. The van der Waals surface area contributed by atoms with Gasteiger partial charge in [-0.3, -0.25) is 0 Å². The monoisotopic (exact) mass is 165 g/mol. The SMILES string of the molecule is CC(C)(C)c1cc(N)cc(O)c1. The van der Waals surface area contributed by atoms with Crippen LogP contribution in [0.5, 0.6) is 5.75 Å². The number of nitrogen functional groups attached to an aromatic ring is 1. The molecule has 0 saturated carbocycles. The molecule has 2 heteroatoms. The standard InChI is InChI=1S/C10H15NO/c1-10(2,3)7-4-8(11)6-9(12)5-7/h4-6,12H,11H2,1-3H3. The van der Waals surface area contributed by atoms with Crippen LogP contribution in [0, 0.1) is 0 Å². The third kappa shape index (κ3) is 1.91. The zero-order valence-electron chi connectivity index (χ0n) is 7.76. The Morgan fingerprint density at radius 1 is 1.17 bits per heavy atom. The molecule has 1 aromatic carbocycles. The van der Waals surface area contributed by atoms with Crippen molar-refractivity contribution in [2.24, 2.45) is 0 Å². The lowest BCUT2D eigenvalue weighted by Gasteiger charge is -2.19. The first kappa shape index (κ1) is 8.91. The molecule has 1 aromatic rings. The fourth-order valence-corrected chi connectivity index (χ4v) is 1.07. The number of phenols is 1. The maximum Gasteiger partial charge on any atom is 0.117 e. The first-order chi connectivity index (χ1) is 5.39. The summed E-state index contributed by atoms with van der Waals surface area (Å²) in [5, 5.41) is 9.28. The number of rotatable bonds is 0. The van der Waals surface area contributed by atoms with Crippen LogP contribution in [0.3, 0.4) is 0 Å². The largest absolute Gasteiger partial charge is 0.508 e. The van der Waals surface area contributed by atoms with Gasteiger partial charge in [0.15, 0.2) is 0 Å². The lowest BCUT2D eigenvalue weighted by molar-refractivity contribution is 0.471. The summed E-state index contributed by atoms with van der Waals surface area (Å²) in [4.78, 5) is 0. The highest BCUT2D eigenvalue weighted by atomic mass is 16.3. The minimum atomic E-state index is 0.0346. The highest BCUT2D eigenvalue weighted by molar-refractivity contribution is 5.48. The molecule has 0 spiro atoms. The third-order valence-electron chi connectivity index (χ3n) is 1.81. The van der Waals surface area contributed by atoms with Gasteiger partial charge in [-0.1, -0.05) is 20.8 Å². The molecular formula is C10H15NO. The molecule has 0 fully saturated rings. The van der Waals surface area contributed by atoms with E-state index in [0.29, 0.717) is 5.69 Å². The molecule has 3 N–H and O–H groups in total. The lowest BCUT2D eigenvalue weighted by Crippen LogP contribution is -2.11. The molecule has 0 saturated heterocycles. The number of phenolic OH excluding ortho intramolecular Hbond substituents is 1. The molecule has 0 radical (unpaired) electrons. The predicted molar refractivity (Wildman–Crippen MR) is 51.2 cm³/mol. The molecule has 0 bridgehead atoms. The van der Waals surface area contributed by atoms with Gasteiger partial charge in [0.1, 0.15) is 5.75 Å². The fraction of sp³-hybridized carbons (Fsp3) is 0.400. The highest BCUT2D eigenvalue weighted by Gasteiger charge is 2.14. The van der Waals surface area contributed by atoms with Crippen LogP contribution in [0.15, 0.2) is 18.2 Å². The van der Waals surface area contributed by atoms with Gasteiger partial charge in [0.05, 0.1) is 0 Å². The Bertz CT molecular complexity index is 266. The quantitative estimate of drug-likeness (QED) is 0.579. The topological polar surface area (TPSA) is 46.2 Å². The number of hydrogen-bond acceptors (Lipinski definition) is 2. The van der Waals surface area contributed by atoms with Gasteiger partial charge >= 0.3 is 0 Å². The first-order valence-corrected chi connectivity index (χ1v) is 3.99. The smallest absolute Gasteiger partial charge is 0.117 e. The van der Waals surface area contributed by atoms with E-state index in [4.69, 9.17) is 5.73 Å². The second-order valence-corrected chi connectivity index (χ2v) is 4.06. The van der Waals surface area contributed by atoms with Crippen molar-refractivity contribution in [3.05, 3.63) is 23.8 Å². The van der Waals surface area contributed by atoms with Crippen molar-refractivity contribution in [2.45, 2.75) is 26.2 Å². The van der Waals surface area contributed by atoms with Crippen LogP contribution in [0.2, 0.25) is 0 Å². The number of hydrogen-bond donors (Lipinski definition) is 2. The van der Waals surface area contributed by atoms with Crippen molar-refractivity contribution < 1.29 is 5.11 Å². The summed E-state index contributed by atoms with van der Waals surface area (Å²) >= 11 is 0. The molecule has 12 heavy (non-hydrogen) atoms. The Kier molecular flexibility index (Phi) is 2.01. The molecule has 66 valence electrons. The molecule has 0 aliphatic carbocycles. The molecule has 0 unspecified atom stereocenters. The summed E-state index contributed by atoms with van der Waals surface area (Å²) < 4.78 is 0. The van der Waals surface area contributed by atoms with E-state index >= 15 is 0 Å². The van der Waals surface area contributed by atoms with E-state index in [9.17, 15) is 5.11 Å². The summed E-state index contributed by atoms with van der Waals surface area (Å²) in [6, 6.07) is 5.19. The van der Waals surface area contributed by atoms with Crippen molar-refractivity contribution in [1.29, 1.82) is 0 Å². The van der Waals surface area contributed by atoms with Crippen molar-refractivity contribution in [1.82, 2.24) is 0 Å². The van der Waals surface area contributed by atoms with E-state index in [2.05, 4.69) is 20.8 Å². The Hall–Kier alpha value is -1.18. The summed E-state index contributed by atoms with van der Waals surface area (Å²) in [7, 11) is 0. The van der Waals surface area contributed by atoms with Crippen LogP contribution in [0.25, 0.3) is 0 Å². The maximum absolute atomic E-state index is 9.28. The van der Waals surface area contributed by atoms with Gasteiger partial charge in [0.2, 0.25) is 0 Å². The number of benzene rings is 1. The molecule has 0 aliphatic rings. The second kappa shape index (κ2) is 2.70. The summed E-state index contributed by atoms with van der Waals surface area (Å²) in [5.41, 5.74) is 7.30. The number of nitrogens with two attached hydrogens (primary N) is 1. The van der Waals surface area contributed by atoms with E-state index in [0.717, 1.165) is 5.56 Å².